The molecular weight excluding hydrogens is 218 g/mol. The predicted molar refractivity (Wildman–Crippen MR) is 53.6 cm³/mol. The zero-order chi connectivity index (χ0) is 11.6. The Morgan fingerprint density at radius 2 is 1.94 bits per heavy atom. The van der Waals surface area contributed by atoms with Crippen LogP contribution in [-0.4, -0.2) is 44.6 Å². The number of epoxide rings is 2. The minimum atomic E-state index is -2.73. The highest BCUT2D eigenvalue weighted by Crippen LogP contribution is 2.29. The van der Waals surface area contributed by atoms with E-state index in [9.17, 15) is 8.78 Å². The third kappa shape index (κ3) is 4.72. The Bertz CT molecular complexity index is 227. The number of rotatable bonds is 8. The van der Waals surface area contributed by atoms with Crippen molar-refractivity contribution in [1.29, 1.82) is 0 Å². The Labute approximate surface area is 94.0 Å². The van der Waals surface area contributed by atoms with Crippen molar-refractivity contribution in [3.63, 3.8) is 0 Å². The lowest BCUT2D eigenvalue weighted by atomic mass is 9.98. The maximum atomic E-state index is 13.4. The molecule has 3 unspecified atom stereocenters. The molecule has 2 aliphatic rings. The largest absolute Gasteiger partial charge is 0.373 e. The van der Waals surface area contributed by atoms with E-state index in [4.69, 9.17) is 14.2 Å². The number of hydrogen-bond acceptors (Lipinski definition) is 3. The maximum Gasteiger partial charge on any atom is 0.271 e. The van der Waals surface area contributed by atoms with Gasteiger partial charge >= 0.3 is 0 Å². The summed E-state index contributed by atoms with van der Waals surface area (Å²) in [6, 6.07) is 0. The van der Waals surface area contributed by atoms with Crippen LogP contribution < -0.4 is 0 Å². The summed E-state index contributed by atoms with van der Waals surface area (Å²) >= 11 is 0. The molecule has 2 fully saturated rings. The fraction of sp³-hybridized carbons (Fsp3) is 1.00. The van der Waals surface area contributed by atoms with Gasteiger partial charge in [0.25, 0.3) is 5.92 Å². The molecule has 0 aliphatic carbocycles. The summed E-state index contributed by atoms with van der Waals surface area (Å²) in [7, 11) is 0. The molecule has 94 valence electrons. The highest BCUT2D eigenvalue weighted by Gasteiger charge is 2.35. The monoisotopic (exact) mass is 236 g/mol. The molecule has 16 heavy (non-hydrogen) atoms. The summed E-state index contributed by atoms with van der Waals surface area (Å²) in [5.41, 5.74) is 0. The van der Waals surface area contributed by atoms with Gasteiger partial charge in [-0.15, -0.1) is 0 Å². The van der Waals surface area contributed by atoms with Gasteiger partial charge in [0, 0.05) is 6.42 Å². The van der Waals surface area contributed by atoms with Gasteiger partial charge in [-0.05, 0) is 12.3 Å². The molecular formula is C11H18F2O3. The topological polar surface area (TPSA) is 34.3 Å². The fourth-order valence-corrected chi connectivity index (χ4v) is 1.81. The predicted octanol–water partition coefficient (Wildman–Crippen LogP) is 1.85. The van der Waals surface area contributed by atoms with Crippen LogP contribution in [0.5, 0.6) is 0 Å². The molecule has 2 aliphatic heterocycles. The van der Waals surface area contributed by atoms with Gasteiger partial charge in [-0.1, -0.05) is 6.92 Å². The second-order valence-corrected chi connectivity index (χ2v) is 4.83. The van der Waals surface area contributed by atoms with Gasteiger partial charge in [-0.2, -0.15) is 0 Å². The Morgan fingerprint density at radius 3 is 2.50 bits per heavy atom. The Kier molecular flexibility index (Phi) is 3.77. The van der Waals surface area contributed by atoms with Crippen molar-refractivity contribution in [3.8, 4) is 0 Å². The molecule has 2 rings (SSSR count). The van der Waals surface area contributed by atoms with Crippen LogP contribution in [0.3, 0.4) is 0 Å². The van der Waals surface area contributed by atoms with E-state index >= 15 is 0 Å². The van der Waals surface area contributed by atoms with Gasteiger partial charge in [0.05, 0.1) is 25.9 Å². The molecule has 3 nitrogen and oxygen atoms in total. The molecule has 5 heteroatoms. The highest BCUT2D eigenvalue weighted by atomic mass is 19.3. The average Bonchev–Trinajstić information content (AvgIpc) is 2.95. The molecule has 0 N–H and O–H groups in total. The Morgan fingerprint density at radius 1 is 1.31 bits per heavy atom. The van der Waals surface area contributed by atoms with E-state index in [1.54, 1.807) is 0 Å². The zero-order valence-electron chi connectivity index (χ0n) is 9.46. The van der Waals surface area contributed by atoms with Crippen LogP contribution >= 0.6 is 0 Å². The van der Waals surface area contributed by atoms with Crippen LogP contribution in [0.4, 0.5) is 8.78 Å². The van der Waals surface area contributed by atoms with Crippen molar-refractivity contribution in [1.82, 2.24) is 0 Å². The summed E-state index contributed by atoms with van der Waals surface area (Å²) in [6.45, 7) is 2.99. The van der Waals surface area contributed by atoms with E-state index < -0.39 is 12.5 Å². The van der Waals surface area contributed by atoms with Crippen LogP contribution in [0, 0.1) is 5.92 Å². The fourth-order valence-electron chi connectivity index (χ4n) is 1.81. The third-order valence-electron chi connectivity index (χ3n) is 2.73. The van der Waals surface area contributed by atoms with Crippen LogP contribution in [0.25, 0.3) is 0 Å². The Balaban J connectivity index is 1.59. The number of hydrogen-bond donors (Lipinski definition) is 0. The maximum absolute atomic E-state index is 13.4. The van der Waals surface area contributed by atoms with E-state index in [0.29, 0.717) is 6.61 Å². The summed E-state index contributed by atoms with van der Waals surface area (Å²) < 4.78 is 41.7. The number of halogens is 2. The van der Waals surface area contributed by atoms with Gasteiger partial charge in [0.15, 0.2) is 0 Å². The lowest BCUT2D eigenvalue weighted by Crippen LogP contribution is -2.27. The van der Waals surface area contributed by atoms with Gasteiger partial charge in [0.1, 0.15) is 12.7 Å². The van der Waals surface area contributed by atoms with E-state index in [0.717, 1.165) is 13.0 Å². The first-order chi connectivity index (χ1) is 7.55. The molecule has 0 saturated carbocycles. The van der Waals surface area contributed by atoms with Crippen LogP contribution in [0.2, 0.25) is 0 Å². The van der Waals surface area contributed by atoms with Gasteiger partial charge in [-0.3, -0.25) is 0 Å². The summed E-state index contributed by atoms with van der Waals surface area (Å²) in [5.74, 6) is -2.76. The quantitative estimate of drug-likeness (QED) is 0.603. The van der Waals surface area contributed by atoms with E-state index in [-0.39, 0.29) is 31.2 Å². The van der Waals surface area contributed by atoms with E-state index in [1.807, 2.05) is 6.92 Å². The van der Waals surface area contributed by atoms with Crippen molar-refractivity contribution in [3.05, 3.63) is 0 Å². The van der Waals surface area contributed by atoms with Crippen LogP contribution in [0.15, 0.2) is 0 Å². The molecule has 0 spiro atoms. The molecule has 0 radical (unpaired) electrons. The van der Waals surface area contributed by atoms with Gasteiger partial charge < -0.3 is 14.2 Å². The smallest absolute Gasteiger partial charge is 0.271 e. The second kappa shape index (κ2) is 4.94. The molecule has 0 amide bonds. The van der Waals surface area contributed by atoms with Crippen molar-refractivity contribution < 1.29 is 23.0 Å². The van der Waals surface area contributed by atoms with Crippen molar-refractivity contribution in [2.45, 2.75) is 37.9 Å². The molecule has 2 heterocycles. The van der Waals surface area contributed by atoms with Gasteiger partial charge in [-0.25, -0.2) is 8.78 Å². The molecule has 0 aromatic rings. The van der Waals surface area contributed by atoms with Crippen LogP contribution in [0.1, 0.15) is 19.8 Å². The lowest BCUT2D eigenvalue weighted by molar-refractivity contribution is -0.0926. The summed E-state index contributed by atoms with van der Waals surface area (Å²) in [6.07, 6.45) is 0.861. The number of ether oxygens (including phenoxy) is 3. The molecule has 0 aromatic carbocycles. The standard InChI is InChI=1S/C11H18F2O3/c1-8(2-9-5-15-9)3-11(12,13)7-14-4-10-6-16-10/h8-10H,2-7H2,1H3. The van der Waals surface area contributed by atoms with Crippen molar-refractivity contribution >= 4 is 0 Å². The third-order valence-corrected chi connectivity index (χ3v) is 2.73. The minimum absolute atomic E-state index is 0.0247. The van der Waals surface area contributed by atoms with Crippen LogP contribution in [-0.2, 0) is 14.2 Å². The summed E-state index contributed by atoms with van der Waals surface area (Å²) in [5, 5.41) is 0. The minimum Gasteiger partial charge on any atom is -0.373 e. The first-order valence-corrected chi connectivity index (χ1v) is 5.74. The Hall–Kier alpha value is -0.260. The van der Waals surface area contributed by atoms with Crippen molar-refractivity contribution in [2.24, 2.45) is 5.92 Å². The first-order valence-electron chi connectivity index (χ1n) is 5.74. The first kappa shape index (κ1) is 12.2. The normalized spacial score (nSPS) is 30.2. The second-order valence-electron chi connectivity index (χ2n) is 4.83. The lowest BCUT2D eigenvalue weighted by Gasteiger charge is -2.20. The average molecular weight is 236 g/mol. The molecule has 0 aromatic heterocycles. The van der Waals surface area contributed by atoms with E-state index in [2.05, 4.69) is 0 Å². The molecule has 2 saturated heterocycles. The molecule has 3 atom stereocenters. The SMILES string of the molecule is CC(CC1CO1)CC(F)(F)COCC1CO1. The molecule has 0 bridgehead atoms. The van der Waals surface area contributed by atoms with Gasteiger partial charge in [0.2, 0.25) is 0 Å². The number of alkyl halides is 2. The zero-order valence-corrected chi connectivity index (χ0v) is 9.46. The van der Waals surface area contributed by atoms with Crippen molar-refractivity contribution in [2.75, 3.05) is 26.4 Å². The summed E-state index contributed by atoms with van der Waals surface area (Å²) in [4.78, 5) is 0. The highest BCUT2D eigenvalue weighted by molar-refractivity contribution is 4.77. The van der Waals surface area contributed by atoms with E-state index in [1.165, 1.54) is 0 Å².